The number of allylic oxidation sites excluding steroid dienone is 2. The summed E-state index contributed by atoms with van der Waals surface area (Å²) in [7, 11) is -9.95. The van der Waals surface area contributed by atoms with Crippen molar-refractivity contribution in [1.29, 1.82) is 0 Å². The molecule has 1 heterocycles. The summed E-state index contributed by atoms with van der Waals surface area (Å²) in [6, 6.07) is 19.3. The van der Waals surface area contributed by atoms with Crippen LogP contribution in [-0.2, 0) is 17.6 Å². The van der Waals surface area contributed by atoms with Gasteiger partial charge in [0.15, 0.2) is 0 Å². The van der Waals surface area contributed by atoms with Crippen LogP contribution in [0.4, 0.5) is 0 Å². The van der Waals surface area contributed by atoms with Crippen LogP contribution in [0.1, 0.15) is 31.9 Å². The van der Waals surface area contributed by atoms with Crippen LogP contribution in [0.25, 0.3) is 9.81 Å². The van der Waals surface area contributed by atoms with Crippen LogP contribution >= 0.6 is 19.3 Å². The monoisotopic (exact) mass is 514 g/mol. The Balaban J connectivity index is 2.28. The van der Waals surface area contributed by atoms with E-state index in [1.54, 1.807) is 32.9 Å². The van der Waals surface area contributed by atoms with Crippen LogP contribution in [0.2, 0.25) is 0 Å². The van der Waals surface area contributed by atoms with E-state index in [1.165, 1.54) is 11.8 Å². The van der Waals surface area contributed by atoms with Crippen LogP contribution in [0.15, 0.2) is 72.8 Å². The molecule has 1 aliphatic heterocycles. The molecule has 3 rings (SSSR count). The zero-order valence-electron chi connectivity index (χ0n) is 18.7. The third kappa shape index (κ3) is 6.05. The van der Waals surface area contributed by atoms with Gasteiger partial charge in [-0.1, -0.05) is 0 Å². The van der Waals surface area contributed by atoms with Crippen molar-refractivity contribution >= 4 is 29.1 Å². The van der Waals surface area contributed by atoms with Gasteiger partial charge in [0.05, 0.1) is 0 Å². The van der Waals surface area contributed by atoms with Gasteiger partial charge in [-0.25, -0.2) is 0 Å². The van der Waals surface area contributed by atoms with Gasteiger partial charge < -0.3 is 0 Å². The van der Waals surface area contributed by atoms with Crippen LogP contribution in [0.5, 0.6) is 0 Å². The summed E-state index contributed by atoms with van der Waals surface area (Å²) in [4.78, 5) is 1.66. The van der Waals surface area contributed by atoms with Crippen molar-refractivity contribution in [3.8, 4) is 0 Å². The SMILES string of the molecule is CCOP(OCC)(OCC)(O[Cl+3]([O-])([O-])[O-])C1C=C(c2ccccc2)SC(c2ccccc2)=C1. The van der Waals surface area contributed by atoms with E-state index < -0.39 is 23.4 Å². The molecule has 0 atom stereocenters. The van der Waals surface area contributed by atoms with Crippen molar-refractivity contribution < 1.29 is 41.9 Å². The molecule has 0 unspecified atom stereocenters. The van der Waals surface area contributed by atoms with Gasteiger partial charge in [0.2, 0.25) is 0 Å². The van der Waals surface area contributed by atoms with Gasteiger partial charge in [-0.3, -0.25) is 0 Å². The molecule has 10 heteroatoms. The molecule has 7 nitrogen and oxygen atoms in total. The van der Waals surface area contributed by atoms with Crippen LogP contribution in [-0.4, -0.2) is 25.5 Å². The Kier molecular flexibility index (Phi) is 8.75. The predicted molar refractivity (Wildman–Crippen MR) is 123 cm³/mol. The predicted octanol–water partition coefficient (Wildman–Crippen LogP) is 3.42. The summed E-state index contributed by atoms with van der Waals surface area (Å²) in [5, 5.41) is 0. The molecule has 0 aliphatic carbocycles. The molecule has 0 spiro atoms. The molecular formula is C23H28ClO7PS. The van der Waals surface area contributed by atoms with E-state index in [0.717, 1.165) is 20.9 Å². The van der Waals surface area contributed by atoms with E-state index in [0.29, 0.717) is 0 Å². The summed E-state index contributed by atoms with van der Waals surface area (Å²) in [6.07, 6.45) is 3.60. The minimum atomic E-state index is -5.02. The van der Waals surface area contributed by atoms with Crippen LogP contribution < -0.4 is 14.0 Å². The third-order valence-electron chi connectivity index (χ3n) is 4.76. The summed E-state index contributed by atoms with van der Waals surface area (Å²) >= 11 is 1.52. The van der Waals surface area contributed by atoms with Gasteiger partial charge in [0, 0.05) is 0 Å². The molecule has 0 bridgehead atoms. The molecule has 0 N–H and O–H groups in total. The molecule has 180 valence electrons. The Hall–Kier alpha value is -1.29. The van der Waals surface area contributed by atoms with Crippen LogP contribution in [0, 0.1) is 10.2 Å². The summed E-state index contributed by atoms with van der Waals surface area (Å²) in [5.41, 5.74) is 0.911. The third-order valence-corrected chi connectivity index (χ3v) is 11.1. The summed E-state index contributed by atoms with van der Waals surface area (Å²) < 4.78 is 59.0. The first-order valence-electron chi connectivity index (χ1n) is 10.6. The molecule has 0 radical (unpaired) electrons. The Morgan fingerprint density at radius 3 is 1.45 bits per heavy atom. The van der Waals surface area contributed by atoms with Crippen molar-refractivity contribution in [2.45, 2.75) is 26.4 Å². The molecule has 2 aromatic carbocycles. The van der Waals surface area contributed by atoms with Gasteiger partial charge in [-0.15, -0.1) is 0 Å². The molecule has 1 aliphatic rings. The number of halogens is 1. The summed E-state index contributed by atoms with van der Waals surface area (Å²) in [6.45, 7) is 5.02. The van der Waals surface area contributed by atoms with Crippen molar-refractivity contribution in [2.24, 2.45) is 0 Å². The minimum absolute atomic E-state index is 0.00945. The number of hydrogen-bond acceptors (Lipinski definition) is 8. The molecule has 0 saturated carbocycles. The second-order valence-corrected chi connectivity index (χ2v) is 12.5. The van der Waals surface area contributed by atoms with E-state index in [2.05, 4.69) is 0 Å². The Morgan fingerprint density at radius 2 is 1.12 bits per heavy atom. The number of benzene rings is 2. The van der Waals surface area contributed by atoms with Crippen molar-refractivity contribution in [2.75, 3.05) is 19.8 Å². The zero-order valence-corrected chi connectivity index (χ0v) is 21.2. The van der Waals surface area contributed by atoms with E-state index in [-0.39, 0.29) is 19.8 Å². The number of hydrogen-bond donors (Lipinski definition) is 0. The fourth-order valence-electron chi connectivity index (χ4n) is 3.63. The van der Waals surface area contributed by atoms with Gasteiger partial charge in [-0.05, 0) is 0 Å². The van der Waals surface area contributed by atoms with Crippen LogP contribution in [0.3, 0.4) is 0 Å². The first kappa shape index (κ1) is 26.3. The molecule has 0 aromatic heterocycles. The van der Waals surface area contributed by atoms with E-state index in [9.17, 15) is 14.0 Å². The Morgan fingerprint density at radius 1 is 0.727 bits per heavy atom. The first-order chi connectivity index (χ1) is 15.7. The maximum absolute atomic E-state index is 12.0. The molecule has 0 saturated heterocycles. The standard InChI is InChI=1S/C23H28ClO7PS/c1-4-28-32(29-5-2,30-6-3,31-24(25,26)27)21-17-22(19-13-9-7-10-14-19)33-23(18-21)20-15-11-8-12-16-20/h7-18,21H,4-6H2,1-3H3. The Bertz CT molecular complexity index is 904. The molecule has 0 fully saturated rings. The van der Waals surface area contributed by atoms with E-state index in [1.807, 2.05) is 60.7 Å². The van der Waals surface area contributed by atoms with Gasteiger partial charge in [0.1, 0.15) is 0 Å². The van der Waals surface area contributed by atoms with Crippen molar-refractivity contribution in [3.05, 3.63) is 83.9 Å². The average Bonchev–Trinajstić information content (AvgIpc) is 2.79. The van der Waals surface area contributed by atoms with Gasteiger partial charge >= 0.3 is 201 Å². The second-order valence-electron chi connectivity index (χ2n) is 6.96. The van der Waals surface area contributed by atoms with E-state index in [4.69, 9.17) is 17.6 Å². The van der Waals surface area contributed by atoms with Gasteiger partial charge in [0.25, 0.3) is 0 Å². The molecule has 2 aromatic rings. The molecule has 33 heavy (non-hydrogen) atoms. The number of rotatable bonds is 11. The van der Waals surface area contributed by atoms with Crippen molar-refractivity contribution in [1.82, 2.24) is 0 Å². The number of thioether (sulfide) groups is 1. The zero-order chi connectivity index (χ0) is 24.0. The van der Waals surface area contributed by atoms with Crippen molar-refractivity contribution in [3.63, 3.8) is 0 Å². The first-order valence-corrected chi connectivity index (χ1v) is 14.6. The second kappa shape index (κ2) is 11.0. The van der Waals surface area contributed by atoms with E-state index >= 15 is 0 Å². The summed E-state index contributed by atoms with van der Waals surface area (Å²) in [5.74, 6) is 0. The topological polar surface area (TPSA) is 106 Å². The molecule has 0 amide bonds. The normalized spacial score (nSPS) is 16.6. The fourth-order valence-corrected chi connectivity index (χ4v) is 9.99. The Labute approximate surface area is 201 Å². The fraction of sp³-hybridized carbons (Fsp3) is 0.304. The van der Waals surface area contributed by atoms with Gasteiger partial charge in [-0.2, -0.15) is 0 Å². The average molecular weight is 515 g/mol. The maximum atomic E-state index is 12.0. The quantitative estimate of drug-likeness (QED) is 0.420. The molecular weight excluding hydrogens is 487 g/mol.